The smallest absolute Gasteiger partial charge is 0.123 e. The zero-order valence-electron chi connectivity index (χ0n) is 14.9. The van der Waals surface area contributed by atoms with Gasteiger partial charge in [-0.3, -0.25) is 4.98 Å². The molecule has 136 valence electrons. The molecular weight excluding hydrogens is 334 g/mol. The Kier molecular flexibility index (Phi) is 6.15. The van der Waals surface area contributed by atoms with Gasteiger partial charge in [0, 0.05) is 43.5 Å². The average Bonchev–Trinajstić information content (AvgIpc) is 3.10. The fraction of sp³-hybridized carbons (Fsp3) is 0.550. The molecule has 0 amide bonds. The highest BCUT2D eigenvalue weighted by atomic mass is 35.5. The molecule has 0 saturated carbocycles. The van der Waals surface area contributed by atoms with Crippen molar-refractivity contribution in [2.24, 2.45) is 0 Å². The van der Waals surface area contributed by atoms with Gasteiger partial charge in [0.25, 0.3) is 0 Å². The first-order valence-electron chi connectivity index (χ1n) is 9.25. The summed E-state index contributed by atoms with van der Waals surface area (Å²) in [6.07, 6.45) is 9.03. The number of pyridine rings is 1. The molecule has 0 aliphatic carbocycles. The summed E-state index contributed by atoms with van der Waals surface area (Å²) in [7, 11) is 0. The van der Waals surface area contributed by atoms with E-state index in [1.807, 2.05) is 12.4 Å². The molecule has 1 atom stereocenters. The Morgan fingerprint density at radius 2 is 2.04 bits per heavy atom. The van der Waals surface area contributed by atoms with E-state index in [0.29, 0.717) is 12.1 Å². The summed E-state index contributed by atoms with van der Waals surface area (Å²) < 4.78 is 6.35. The summed E-state index contributed by atoms with van der Waals surface area (Å²) in [4.78, 5) is 6.80. The van der Waals surface area contributed by atoms with E-state index in [2.05, 4.69) is 40.3 Å². The number of nitrogens with zero attached hydrogens (tertiary/aromatic N) is 2. The summed E-state index contributed by atoms with van der Waals surface area (Å²) in [6, 6.07) is 7.11. The Balaban J connectivity index is 0.00000182. The fourth-order valence-corrected chi connectivity index (χ4v) is 3.97. The number of likely N-dealkylation sites (tertiary alicyclic amines) is 1. The Bertz CT molecular complexity index is 694. The number of aromatic nitrogens is 1. The van der Waals surface area contributed by atoms with Gasteiger partial charge in [0.15, 0.2) is 0 Å². The van der Waals surface area contributed by atoms with Crippen molar-refractivity contribution in [2.75, 3.05) is 26.2 Å². The molecule has 2 saturated heterocycles. The minimum atomic E-state index is 0. The SMILES string of the molecule is Cc1cc2cnccc2cc1OC1CCN(C[C@H]2CCCN2)CC1.Cl. The van der Waals surface area contributed by atoms with E-state index in [9.17, 15) is 0 Å². The van der Waals surface area contributed by atoms with Crippen molar-refractivity contribution in [3.8, 4) is 5.75 Å². The maximum atomic E-state index is 6.35. The van der Waals surface area contributed by atoms with E-state index in [0.717, 1.165) is 31.7 Å². The van der Waals surface area contributed by atoms with E-state index >= 15 is 0 Å². The third-order valence-electron chi connectivity index (χ3n) is 5.40. The van der Waals surface area contributed by atoms with E-state index < -0.39 is 0 Å². The summed E-state index contributed by atoms with van der Waals surface area (Å²) in [5.41, 5.74) is 1.20. The summed E-state index contributed by atoms with van der Waals surface area (Å²) in [6.45, 7) is 6.83. The number of ether oxygens (including phenoxy) is 1. The van der Waals surface area contributed by atoms with Gasteiger partial charge in [-0.15, -0.1) is 12.4 Å². The molecule has 2 aliphatic heterocycles. The zero-order chi connectivity index (χ0) is 16.4. The molecule has 4 rings (SSSR count). The largest absolute Gasteiger partial charge is 0.490 e. The molecule has 25 heavy (non-hydrogen) atoms. The van der Waals surface area contributed by atoms with Gasteiger partial charge in [-0.2, -0.15) is 0 Å². The summed E-state index contributed by atoms with van der Waals surface area (Å²) in [5, 5.41) is 5.99. The first kappa shape index (κ1) is 18.4. The fourth-order valence-electron chi connectivity index (χ4n) is 3.97. The number of hydrogen-bond donors (Lipinski definition) is 1. The molecule has 4 nitrogen and oxygen atoms in total. The second-order valence-corrected chi connectivity index (χ2v) is 7.25. The molecular formula is C20H28ClN3O. The lowest BCUT2D eigenvalue weighted by atomic mass is 10.1. The van der Waals surface area contributed by atoms with Crippen LogP contribution in [-0.2, 0) is 0 Å². The zero-order valence-corrected chi connectivity index (χ0v) is 15.7. The Morgan fingerprint density at radius 1 is 1.20 bits per heavy atom. The van der Waals surface area contributed by atoms with Gasteiger partial charge in [0.05, 0.1) is 0 Å². The first-order valence-corrected chi connectivity index (χ1v) is 9.25. The molecule has 2 aromatic rings. The van der Waals surface area contributed by atoms with Crippen LogP contribution < -0.4 is 10.1 Å². The van der Waals surface area contributed by atoms with Crippen LogP contribution >= 0.6 is 12.4 Å². The Labute approximate surface area is 156 Å². The van der Waals surface area contributed by atoms with Crippen LogP contribution in [0.1, 0.15) is 31.2 Å². The average molecular weight is 362 g/mol. The molecule has 1 N–H and O–H groups in total. The monoisotopic (exact) mass is 361 g/mol. The van der Waals surface area contributed by atoms with Crippen LogP contribution in [0, 0.1) is 6.92 Å². The number of hydrogen-bond acceptors (Lipinski definition) is 4. The quantitative estimate of drug-likeness (QED) is 0.903. The molecule has 0 radical (unpaired) electrons. The summed E-state index contributed by atoms with van der Waals surface area (Å²) >= 11 is 0. The number of nitrogens with one attached hydrogen (secondary N) is 1. The molecule has 3 heterocycles. The van der Waals surface area contributed by atoms with E-state index in [1.54, 1.807) is 0 Å². The van der Waals surface area contributed by atoms with E-state index in [4.69, 9.17) is 4.74 Å². The number of fused-ring (bicyclic) bond motifs is 1. The van der Waals surface area contributed by atoms with Gasteiger partial charge in [-0.05, 0) is 68.3 Å². The first-order chi connectivity index (χ1) is 11.8. The standard InChI is InChI=1S/C20H27N3O.ClH/c1-15-11-17-13-21-8-4-16(17)12-20(15)24-19-5-9-23(10-6-19)14-18-3-2-7-22-18;/h4,8,11-13,18-19,22H,2-3,5-7,9-10,14H2,1H3;1H/t18-;/m1./s1. The topological polar surface area (TPSA) is 37.4 Å². The lowest BCUT2D eigenvalue weighted by Gasteiger charge is -2.33. The molecule has 0 bridgehead atoms. The molecule has 2 fully saturated rings. The number of benzene rings is 1. The highest BCUT2D eigenvalue weighted by Gasteiger charge is 2.24. The highest BCUT2D eigenvalue weighted by Crippen LogP contribution is 2.27. The van der Waals surface area contributed by atoms with Crippen molar-refractivity contribution < 1.29 is 4.74 Å². The second-order valence-electron chi connectivity index (χ2n) is 7.25. The van der Waals surface area contributed by atoms with Gasteiger partial charge in [-0.25, -0.2) is 0 Å². The number of aryl methyl sites for hydroxylation is 1. The predicted octanol–water partition coefficient (Wildman–Crippen LogP) is 3.56. The van der Waals surface area contributed by atoms with Crippen molar-refractivity contribution in [1.82, 2.24) is 15.2 Å². The van der Waals surface area contributed by atoms with Gasteiger partial charge in [0.2, 0.25) is 0 Å². The molecule has 1 aromatic heterocycles. The van der Waals surface area contributed by atoms with E-state index in [1.165, 1.54) is 42.3 Å². The van der Waals surface area contributed by atoms with Crippen LogP contribution in [0.5, 0.6) is 5.75 Å². The highest BCUT2D eigenvalue weighted by molar-refractivity contribution is 5.85. The molecule has 0 unspecified atom stereocenters. The predicted molar refractivity (Wildman–Crippen MR) is 105 cm³/mol. The number of rotatable bonds is 4. The third-order valence-corrected chi connectivity index (χ3v) is 5.40. The maximum absolute atomic E-state index is 6.35. The number of halogens is 1. The van der Waals surface area contributed by atoms with Crippen LogP contribution in [-0.4, -0.2) is 48.2 Å². The normalized spacial score (nSPS) is 22.0. The van der Waals surface area contributed by atoms with Gasteiger partial charge < -0.3 is 15.0 Å². The van der Waals surface area contributed by atoms with E-state index in [-0.39, 0.29) is 12.4 Å². The van der Waals surface area contributed by atoms with Crippen molar-refractivity contribution in [3.05, 3.63) is 36.2 Å². The van der Waals surface area contributed by atoms with Crippen molar-refractivity contribution in [2.45, 2.75) is 44.8 Å². The van der Waals surface area contributed by atoms with Crippen LogP contribution in [0.15, 0.2) is 30.6 Å². The van der Waals surface area contributed by atoms with Crippen LogP contribution in [0.2, 0.25) is 0 Å². The van der Waals surface area contributed by atoms with Crippen LogP contribution in [0.3, 0.4) is 0 Å². The van der Waals surface area contributed by atoms with Crippen LogP contribution in [0.25, 0.3) is 10.8 Å². The third kappa shape index (κ3) is 4.43. The Morgan fingerprint density at radius 3 is 2.80 bits per heavy atom. The van der Waals surface area contributed by atoms with Crippen molar-refractivity contribution in [3.63, 3.8) is 0 Å². The number of piperidine rings is 1. The van der Waals surface area contributed by atoms with Crippen LogP contribution in [0.4, 0.5) is 0 Å². The lowest BCUT2D eigenvalue weighted by molar-refractivity contribution is 0.0955. The minimum absolute atomic E-state index is 0. The van der Waals surface area contributed by atoms with Gasteiger partial charge in [0.1, 0.15) is 11.9 Å². The molecule has 0 spiro atoms. The molecule has 5 heteroatoms. The van der Waals surface area contributed by atoms with Crippen molar-refractivity contribution >= 4 is 23.2 Å². The van der Waals surface area contributed by atoms with Crippen molar-refractivity contribution in [1.29, 1.82) is 0 Å². The van der Waals surface area contributed by atoms with Gasteiger partial charge in [-0.1, -0.05) is 0 Å². The Hall–Kier alpha value is -1.36. The minimum Gasteiger partial charge on any atom is -0.490 e. The van der Waals surface area contributed by atoms with Gasteiger partial charge >= 0.3 is 0 Å². The lowest BCUT2D eigenvalue weighted by Crippen LogP contribution is -2.44. The molecule has 1 aromatic carbocycles. The molecule has 2 aliphatic rings. The second kappa shape index (κ2) is 8.35. The summed E-state index contributed by atoms with van der Waals surface area (Å²) in [5.74, 6) is 1.03. The maximum Gasteiger partial charge on any atom is 0.123 e.